The van der Waals surface area contributed by atoms with Gasteiger partial charge in [0.2, 0.25) is 0 Å². The molecule has 4 fully saturated rings. The van der Waals surface area contributed by atoms with Gasteiger partial charge in [-0.15, -0.1) is 0 Å². The second kappa shape index (κ2) is 7.19. The molecule has 0 unspecified atom stereocenters. The van der Waals surface area contributed by atoms with Crippen LogP contribution in [0, 0.1) is 37.0 Å². The van der Waals surface area contributed by atoms with E-state index in [1.165, 1.54) is 38.5 Å². The molecule has 4 saturated carbocycles. The Morgan fingerprint density at radius 3 is 2.41 bits per heavy atom. The smallest absolute Gasteiger partial charge is 0.255 e. The standard InChI is InChI=1S/C24H30N2O3/c1-15-21(16(2)29-26-15)13-28-22-6-4-3-5-20(22)23(27)25-14-24-10-17-7-18(11-24)9-19(8-17)12-24/h3-6,17-19H,7-14H2,1-2H3,(H,25,27). The molecule has 1 N–H and O–H groups in total. The fraction of sp³-hybridized carbons (Fsp3) is 0.583. The molecule has 154 valence electrons. The molecule has 1 amide bonds. The Morgan fingerprint density at radius 1 is 1.14 bits per heavy atom. The zero-order valence-electron chi connectivity index (χ0n) is 17.4. The first-order chi connectivity index (χ1) is 14.0. The predicted molar refractivity (Wildman–Crippen MR) is 110 cm³/mol. The minimum atomic E-state index is -0.0323. The van der Waals surface area contributed by atoms with Crippen LogP contribution in [-0.4, -0.2) is 17.6 Å². The van der Waals surface area contributed by atoms with E-state index in [-0.39, 0.29) is 5.91 Å². The van der Waals surface area contributed by atoms with Gasteiger partial charge in [-0.2, -0.15) is 0 Å². The first kappa shape index (κ1) is 18.7. The van der Waals surface area contributed by atoms with Gasteiger partial charge in [-0.3, -0.25) is 4.79 Å². The Hall–Kier alpha value is -2.30. The SMILES string of the molecule is Cc1noc(C)c1COc1ccccc1C(=O)NCC12CC3CC(CC(C3)C1)C2. The van der Waals surface area contributed by atoms with E-state index in [0.29, 0.717) is 23.3 Å². The molecule has 5 nitrogen and oxygen atoms in total. The van der Waals surface area contributed by atoms with Crippen molar-refractivity contribution >= 4 is 5.91 Å². The highest BCUT2D eigenvalue weighted by atomic mass is 16.5. The number of aryl methyl sites for hydroxylation is 2. The molecule has 1 heterocycles. The summed E-state index contributed by atoms with van der Waals surface area (Å²) in [5.41, 5.74) is 2.70. The quantitative estimate of drug-likeness (QED) is 0.763. The summed E-state index contributed by atoms with van der Waals surface area (Å²) < 4.78 is 11.2. The molecule has 2 aromatic rings. The summed E-state index contributed by atoms with van der Waals surface area (Å²) in [6, 6.07) is 7.50. The third-order valence-electron chi connectivity index (χ3n) is 7.47. The summed E-state index contributed by atoms with van der Waals surface area (Å²) in [5, 5.41) is 7.23. The van der Waals surface area contributed by atoms with Crippen molar-refractivity contribution in [2.24, 2.45) is 23.2 Å². The van der Waals surface area contributed by atoms with Crippen LogP contribution in [0.15, 0.2) is 28.8 Å². The molecular weight excluding hydrogens is 364 g/mol. The van der Waals surface area contributed by atoms with Gasteiger partial charge in [0.05, 0.1) is 16.8 Å². The van der Waals surface area contributed by atoms with Crippen molar-refractivity contribution in [2.75, 3.05) is 6.54 Å². The lowest BCUT2D eigenvalue weighted by Crippen LogP contribution is -2.51. The largest absolute Gasteiger partial charge is 0.488 e. The highest BCUT2D eigenvalue weighted by Gasteiger charge is 2.50. The summed E-state index contributed by atoms with van der Waals surface area (Å²) in [6.45, 7) is 4.93. The Balaban J connectivity index is 1.26. The third kappa shape index (κ3) is 3.56. The van der Waals surface area contributed by atoms with Gasteiger partial charge in [0.15, 0.2) is 0 Å². The molecule has 0 atom stereocenters. The van der Waals surface area contributed by atoms with Gasteiger partial charge < -0.3 is 14.6 Å². The predicted octanol–water partition coefficient (Wildman–Crippen LogP) is 4.82. The molecule has 0 aliphatic heterocycles. The van der Waals surface area contributed by atoms with Crippen LogP contribution in [-0.2, 0) is 6.61 Å². The second-order valence-electron chi connectivity index (χ2n) is 9.69. The zero-order chi connectivity index (χ0) is 20.0. The molecule has 0 saturated heterocycles. The summed E-state index contributed by atoms with van der Waals surface area (Å²) in [5.74, 6) is 4.01. The highest BCUT2D eigenvalue weighted by molar-refractivity contribution is 5.96. The van der Waals surface area contributed by atoms with E-state index in [1.54, 1.807) is 0 Å². The molecule has 0 radical (unpaired) electrons. The molecule has 5 heteroatoms. The van der Waals surface area contributed by atoms with Crippen molar-refractivity contribution in [1.29, 1.82) is 0 Å². The molecule has 0 spiro atoms. The fourth-order valence-corrected chi connectivity index (χ4v) is 6.51. The van der Waals surface area contributed by atoms with Crippen LogP contribution in [0.4, 0.5) is 0 Å². The first-order valence-electron chi connectivity index (χ1n) is 10.9. The van der Waals surface area contributed by atoms with Gasteiger partial charge in [-0.1, -0.05) is 17.3 Å². The Morgan fingerprint density at radius 2 is 1.79 bits per heavy atom. The van der Waals surface area contributed by atoms with Crippen LogP contribution in [0.1, 0.15) is 65.9 Å². The van der Waals surface area contributed by atoms with Gasteiger partial charge >= 0.3 is 0 Å². The summed E-state index contributed by atoms with van der Waals surface area (Å²) in [6.07, 6.45) is 8.15. The van der Waals surface area contributed by atoms with E-state index >= 15 is 0 Å². The maximum absolute atomic E-state index is 13.0. The lowest BCUT2D eigenvalue weighted by molar-refractivity contribution is -0.0503. The molecule has 6 rings (SSSR count). The normalized spacial score (nSPS) is 29.8. The fourth-order valence-electron chi connectivity index (χ4n) is 6.51. The Bertz CT molecular complexity index is 862. The topological polar surface area (TPSA) is 64.4 Å². The highest BCUT2D eigenvalue weighted by Crippen LogP contribution is 2.59. The number of nitrogens with zero attached hydrogens (tertiary/aromatic N) is 1. The first-order valence-corrected chi connectivity index (χ1v) is 10.9. The Labute approximate surface area is 172 Å². The molecule has 29 heavy (non-hydrogen) atoms. The molecule has 4 bridgehead atoms. The van der Waals surface area contributed by atoms with Crippen LogP contribution in [0.2, 0.25) is 0 Å². The summed E-state index contributed by atoms with van der Waals surface area (Å²) in [4.78, 5) is 13.0. The summed E-state index contributed by atoms with van der Waals surface area (Å²) >= 11 is 0. The average molecular weight is 395 g/mol. The number of para-hydroxylation sites is 1. The van der Waals surface area contributed by atoms with Crippen LogP contribution in [0.25, 0.3) is 0 Å². The van der Waals surface area contributed by atoms with Crippen LogP contribution < -0.4 is 10.1 Å². The zero-order valence-corrected chi connectivity index (χ0v) is 17.4. The maximum atomic E-state index is 13.0. The number of ether oxygens (including phenoxy) is 1. The van der Waals surface area contributed by atoms with Crippen molar-refractivity contribution in [2.45, 2.75) is 59.0 Å². The number of amides is 1. The Kier molecular flexibility index (Phi) is 4.64. The second-order valence-corrected chi connectivity index (χ2v) is 9.69. The van der Waals surface area contributed by atoms with Crippen molar-refractivity contribution in [3.63, 3.8) is 0 Å². The number of carbonyl (C=O) groups is 1. The number of aromatic nitrogens is 1. The number of benzene rings is 1. The number of carbonyl (C=O) groups excluding carboxylic acids is 1. The molecule has 4 aliphatic rings. The van der Waals surface area contributed by atoms with E-state index in [1.807, 2.05) is 38.1 Å². The van der Waals surface area contributed by atoms with Gasteiger partial charge in [0.25, 0.3) is 5.91 Å². The van der Waals surface area contributed by atoms with E-state index in [0.717, 1.165) is 41.3 Å². The minimum Gasteiger partial charge on any atom is -0.488 e. The molecule has 1 aromatic carbocycles. The molecule has 4 aliphatic carbocycles. The molecule has 1 aromatic heterocycles. The van der Waals surface area contributed by atoms with Crippen molar-refractivity contribution < 1.29 is 14.1 Å². The number of hydrogen-bond donors (Lipinski definition) is 1. The lowest BCUT2D eigenvalue weighted by atomic mass is 9.49. The van der Waals surface area contributed by atoms with Gasteiger partial charge in [0, 0.05) is 6.54 Å². The minimum absolute atomic E-state index is 0.0323. The van der Waals surface area contributed by atoms with Gasteiger partial charge in [-0.05, 0) is 87.7 Å². The average Bonchev–Trinajstić information content (AvgIpc) is 3.01. The number of nitrogens with one attached hydrogen (secondary N) is 1. The van der Waals surface area contributed by atoms with Gasteiger partial charge in [0.1, 0.15) is 18.1 Å². The van der Waals surface area contributed by atoms with Crippen LogP contribution in [0.5, 0.6) is 5.75 Å². The van der Waals surface area contributed by atoms with Crippen molar-refractivity contribution in [3.8, 4) is 5.75 Å². The molecular formula is C24H30N2O3. The van der Waals surface area contributed by atoms with E-state index in [9.17, 15) is 4.79 Å². The van der Waals surface area contributed by atoms with E-state index in [2.05, 4.69) is 10.5 Å². The van der Waals surface area contributed by atoms with Crippen molar-refractivity contribution in [1.82, 2.24) is 10.5 Å². The van der Waals surface area contributed by atoms with Crippen LogP contribution in [0.3, 0.4) is 0 Å². The number of hydrogen-bond acceptors (Lipinski definition) is 4. The van der Waals surface area contributed by atoms with Gasteiger partial charge in [-0.25, -0.2) is 0 Å². The monoisotopic (exact) mass is 394 g/mol. The summed E-state index contributed by atoms with van der Waals surface area (Å²) in [7, 11) is 0. The third-order valence-corrected chi connectivity index (χ3v) is 7.47. The van der Waals surface area contributed by atoms with Crippen LogP contribution >= 0.6 is 0 Å². The maximum Gasteiger partial charge on any atom is 0.255 e. The van der Waals surface area contributed by atoms with E-state index < -0.39 is 0 Å². The number of rotatable bonds is 6. The lowest BCUT2D eigenvalue weighted by Gasteiger charge is -2.56. The van der Waals surface area contributed by atoms with E-state index in [4.69, 9.17) is 9.26 Å². The van der Waals surface area contributed by atoms with Crippen molar-refractivity contribution in [3.05, 3.63) is 46.8 Å².